The highest BCUT2D eigenvalue weighted by atomic mass is 35.5. The first kappa shape index (κ1) is 21.9. The molecule has 1 N–H and O–H groups in total. The molecule has 0 aromatic carbocycles. The number of likely N-dealkylation sites (N-methyl/N-ethyl adjacent to an activating group) is 1. The van der Waals surface area contributed by atoms with Crippen molar-refractivity contribution in [3.63, 3.8) is 0 Å². The molecule has 0 saturated heterocycles. The molecule has 0 spiro atoms. The van der Waals surface area contributed by atoms with Crippen LogP contribution in [0.15, 0.2) is 35.4 Å². The number of halogens is 1. The average molecular weight is 456 g/mol. The maximum Gasteiger partial charge on any atom is 0.354 e. The van der Waals surface area contributed by atoms with E-state index in [1.165, 1.54) is 18.5 Å². The Morgan fingerprint density at radius 3 is 2.91 bits per heavy atom. The zero-order chi connectivity index (χ0) is 22.8. The number of carboxylic acid groups (broad SMARTS) is 1. The topological polar surface area (TPSA) is 110 Å². The van der Waals surface area contributed by atoms with Crippen molar-refractivity contribution in [2.24, 2.45) is 0 Å². The van der Waals surface area contributed by atoms with Gasteiger partial charge in [0.2, 0.25) is 0 Å². The van der Waals surface area contributed by atoms with E-state index in [4.69, 9.17) is 16.3 Å². The van der Waals surface area contributed by atoms with Crippen LogP contribution in [0.1, 0.15) is 27.6 Å². The van der Waals surface area contributed by atoms with Gasteiger partial charge in [0, 0.05) is 31.3 Å². The fourth-order valence-electron chi connectivity index (χ4n) is 3.75. The molecule has 166 valence electrons. The Kier molecular flexibility index (Phi) is 6.20. The highest BCUT2D eigenvalue weighted by Crippen LogP contribution is 2.31. The lowest BCUT2D eigenvalue weighted by Crippen LogP contribution is -2.37. The molecule has 3 aromatic rings. The van der Waals surface area contributed by atoms with Crippen molar-refractivity contribution in [1.29, 1.82) is 0 Å². The van der Waals surface area contributed by atoms with E-state index in [9.17, 15) is 14.7 Å². The first-order chi connectivity index (χ1) is 15.3. The summed E-state index contributed by atoms with van der Waals surface area (Å²) in [5.41, 5.74) is 2.65. The van der Waals surface area contributed by atoms with Gasteiger partial charge in [0.15, 0.2) is 0 Å². The van der Waals surface area contributed by atoms with Gasteiger partial charge in [-0.1, -0.05) is 11.6 Å². The fourth-order valence-corrected chi connectivity index (χ4v) is 3.91. The molecule has 32 heavy (non-hydrogen) atoms. The first-order valence-electron chi connectivity index (χ1n) is 10.1. The zero-order valence-electron chi connectivity index (χ0n) is 17.7. The normalized spacial score (nSPS) is 13.6. The van der Waals surface area contributed by atoms with Crippen LogP contribution in [0.3, 0.4) is 0 Å². The minimum Gasteiger partial charge on any atom is -0.489 e. The molecule has 4 rings (SSSR count). The molecule has 0 amide bonds. The second kappa shape index (κ2) is 9.05. The van der Waals surface area contributed by atoms with E-state index >= 15 is 0 Å². The van der Waals surface area contributed by atoms with Crippen LogP contribution in [0, 0.1) is 6.92 Å². The van der Waals surface area contributed by atoms with Gasteiger partial charge in [-0.15, -0.1) is 0 Å². The molecule has 1 aliphatic rings. The number of rotatable bonds is 6. The van der Waals surface area contributed by atoms with Crippen LogP contribution in [0.2, 0.25) is 5.15 Å². The van der Waals surface area contributed by atoms with Gasteiger partial charge in [-0.3, -0.25) is 9.36 Å². The highest BCUT2D eigenvalue weighted by Gasteiger charge is 2.20. The van der Waals surface area contributed by atoms with Crippen molar-refractivity contribution in [2.45, 2.75) is 26.4 Å². The van der Waals surface area contributed by atoms with Crippen LogP contribution >= 0.6 is 11.6 Å². The predicted molar refractivity (Wildman–Crippen MR) is 118 cm³/mol. The second-order valence-corrected chi connectivity index (χ2v) is 8.00. The van der Waals surface area contributed by atoms with Crippen molar-refractivity contribution in [3.8, 4) is 16.9 Å². The third-order valence-electron chi connectivity index (χ3n) is 5.39. The lowest BCUT2D eigenvalue weighted by molar-refractivity contribution is 0.0690. The summed E-state index contributed by atoms with van der Waals surface area (Å²) in [6.45, 7) is 3.80. The third-order valence-corrected chi connectivity index (χ3v) is 5.60. The van der Waals surface area contributed by atoms with E-state index in [0.29, 0.717) is 35.8 Å². The monoisotopic (exact) mass is 455 g/mol. The SMILES string of the molecule is Cc1nc2c(c(=O)n1CCOc1cnc(Cl)cc1-c1ccnc(C(=O)O)c1)CN(C)CC2. The van der Waals surface area contributed by atoms with E-state index in [1.807, 2.05) is 14.0 Å². The van der Waals surface area contributed by atoms with Gasteiger partial charge in [0.1, 0.15) is 29.0 Å². The van der Waals surface area contributed by atoms with Gasteiger partial charge >= 0.3 is 5.97 Å². The summed E-state index contributed by atoms with van der Waals surface area (Å²) in [6, 6.07) is 4.72. The quantitative estimate of drug-likeness (QED) is 0.564. The predicted octanol–water partition coefficient (Wildman–Crippen LogP) is 2.43. The van der Waals surface area contributed by atoms with Crippen LogP contribution in [0.4, 0.5) is 0 Å². The number of carbonyl (C=O) groups is 1. The molecular formula is C22H22ClN5O4. The Bertz CT molecular complexity index is 1240. The number of aromatic carboxylic acids is 1. The molecule has 0 aliphatic carbocycles. The van der Waals surface area contributed by atoms with E-state index in [1.54, 1.807) is 16.7 Å². The summed E-state index contributed by atoms with van der Waals surface area (Å²) in [7, 11) is 1.99. The third kappa shape index (κ3) is 4.49. The van der Waals surface area contributed by atoms with Crippen molar-refractivity contribution in [3.05, 3.63) is 68.9 Å². The number of ether oxygens (including phenoxy) is 1. The largest absolute Gasteiger partial charge is 0.489 e. The summed E-state index contributed by atoms with van der Waals surface area (Å²) in [5.74, 6) is -0.0558. The summed E-state index contributed by atoms with van der Waals surface area (Å²) >= 11 is 6.06. The maximum atomic E-state index is 13.0. The molecule has 0 fully saturated rings. The van der Waals surface area contributed by atoms with Crippen LogP contribution in [-0.2, 0) is 19.5 Å². The number of hydrogen-bond acceptors (Lipinski definition) is 7. The lowest BCUT2D eigenvalue weighted by atomic mass is 10.1. The zero-order valence-corrected chi connectivity index (χ0v) is 18.5. The van der Waals surface area contributed by atoms with Gasteiger partial charge in [-0.05, 0) is 37.7 Å². The van der Waals surface area contributed by atoms with Crippen LogP contribution in [-0.4, -0.2) is 55.7 Å². The summed E-state index contributed by atoms with van der Waals surface area (Å²) < 4.78 is 7.56. The number of hydrogen-bond donors (Lipinski definition) is 1. The number of aryl methyl sites for hydroxylation is 1. The number of carboxylic acids is 1. The smallest absolute Gasteiger partial charge is 0.354 e. The summed E-state index contributed by atoms with van der Waals surface area (Å²) in [4.78, 5) is 38.9. The number of pyridine rings is 2. The van der Waals surface area contributed by atoms with Gasteiger partial charge in [0.05, 0.1) is 24.0 Å². The first-order valence-corrected chi connectivity index (χ1v) is 10.5. The highest BCUT2D eigenvalue weighted by molar-refractivity contribution is 6.29. The van der Waals surface area contributed by atoms with Crippen molar-refractivity contribution >= 4 is 17.6 Å². The standard InChI is InChI=1S/C22H22ClN5O4/c1-13-26-17-4-6-27(2)12-16(17)21(29)28(13)7-8-32-19-11-25-20(23)10-15(19)14-3-5-24-18(9-14)22(30)31/h3,5,9-11H,4,6-8,12H2,1-2H3,(H,30,31). The fraction of sp³-hybridized carbons (Fsp3) is 0.318. The van der Waals surface area contributed by atoms with Crippen molar-refractivity contribution in [2.75, 3.05) is 20.2 Å². The minimum absolute atomic E-state index is 0.0441. The maximum absolute atomic E-state index is 13.0. The van der Waals surface area contributed by atoms with Crippen LogP contribution in [0.5, 0.6) is 5.75 Å². The van der Waals surface area contributed by atoms with E-state index in [-0.39, 0.29) is 23.0 Å². The van der Waals surface area contributed by atoms with E-state index in [0.717, 1.165) is 24.2 Å². The second-order valence-electron chi connectivity index (χ2n) is 7.62. The molecular weight excluding hydrogens is 434 g/mol. The van der Waals surface area contributed by atoms with E-state index in [2.05, 4.69) is 19.9 Å². The summed E-state index contributed by atoms with van der Waals surface area (Å²) in [5, 5.41) is 9.47. The minimum atomic E-state index is -1.13. The Labute approximate surface area is 189 Å². The number of fused-ring (bicyclic) bond motifs is 1. The molecule has 0 unspecified atom stereocenters. The Morgan fingerprint density at radius 2 is 2.12 bits per heavy atom. The summed E-state index contributed by atoms with van der Waals surface area (Å²) in [6.07, 6.45) is 3.66. The Morgan fingerprint density at radius 1 is 1.31 bits per heavy atom. The molecule has 1 aliphatic heterocycles. The van der Waals surface area contributed by atoms with E-state index < -0.39 is 5.97 Å². The number of nitrogens with zero attached hydrogens (tertiary/aromatic N) is 5. The molecule has 4 heterocycles. The van der Waals surface area contributed by atoms with Gasteiger partial charge in [-0.2, -0.15) is 0 Å². The van der Waals surface area contributed by atoms with Crippen LogP contribution in [0.25, 0.3) is 11.1 Å². The molecule has 0 radical (unpaired) electrons. The Balaban J connectivity index is 1.57. The average Bonchev–Trinajstić information content (AvgIpc) is 2.77. The van der Waals surface area contributed by atoms with Gasteiger partial charge in [0.25, 0.3) is 5.56 Å². The van der Waals surface area contributed by atoms with Crippen molar-refractivity contribution in [1.82, 2.24) is 24.4 Å². The van der Waals surface area contributed by atoms with Gasteiger partial charge in [-0.25, -0.2) is 19.7 Å². The molecule has 0 saturated carbocycles. The molecule has 9 nitrogen and oxygen atoms in total. The lowest BCUT2D eigenvalue weighted by Gasteiger charge is -2.25. The molecule has 3 aromatic heterocycles. The molecule has 0 bridgehead atoms. The number of aromatic nitrogens is 4. The van der Waals surface area contributed by atoms with Crippen molar-refractivity contribution < 1.29 is 14.6 Å². The molecule has 10 heteroatoms. The Hall–Kier alpha value is -3.30. The van der Waals surface area contributed by atoms with Crippen LogP contribution < -0.4 is 10.3 Å². The molecule has 0 atom stereocenters. The van der Waals surface area contributed by atoms with Gasteiger partial charge < -0.3 is 14.7 Å².